The van der Waals surface area contributed by atoms with Gasteiger partial charge in [-0.2, -0.15) is 0 Å². The molecule has 5 nitrogen and oxygen atoms in total. The van der Waals surface area contributed by atoms with Crippen LogP contribution in [0.1, 0.15) is 16.8 Å². The third-order valence-corrected chi connectivity index (χ3v) is 3.64. The number of hydrogen-bond donors (Lipinski definition) is 0. The molecule has 0 unspecified atom stereocenters. The summed E-state index contributed by atoms with van der Waals surface area (Å²) < 4.78 is 10.5. The number of likely N-dealkylation sites (N-methyl/N-ethyl adjacent to an activating group) is 1. The van der Waals surface area contributed by atoms with E-state index in [4.69, 9.17) is 9.47 Å². The second-order valence-electron chi connectivity index (χ2n) is 5.02. The van der Waals surface area contributed by atoms with Crippen LogP contribution in [-0.2, 0) is 0 Å². The topological polar surface area (TPSA) is 42.0 Å². The fraction of sp³-hybridized carbons (Fsp3) is 0.533. The Kier molecular flexibility index (Phi) is 4.84. The van der Waals surface area contributed by atoms with Crippen LogP contribution in [-0.4, -0.2) is 63.2 Å². The first kappa shape index (κ1) is 14.7. The molecule has 1 saturated heterocycles. The molecular weight excluding hydrogens is 256 g/mol. The lowest BCUT2D eigenvalue weighted by Crippen LogP contribution is -2.34. The molecule has 0 saturated carbocycles. The molecule has 2 rings (SSSR count). The fourth-order valence-corrected chi connectivity index (χ4v) is 2.40. The molecule has 1 aliphatic rings. The Bertz CT molecular complexity index is 476. The van der Waals surface area contributed by atoms with Crippen LogP contribution in [0.4, 0.5) is 0 Å². The van der Waals surface area contributed by atoms with Gasteiger partial charge < -0.3 is 19.3 Å². The van der Waals surface area contributed by atoms with Crippen molar-refractivity contribution in [2.24, 2.45) is 0 Å². The van der Waals surface area contributed by atoms with Crippen LogP contribution in [0.2, 0.25) is 0 Å². The van der Waals surface area contributed by atoms with E-state index in [9.17, 15) is 4.79 Å². The van der Waals surface area contributed by atoms with Gasteiger partial charge in [0.2, 0.25) is 0 Å². The molecule has 1 aromatic rings. The van der Waals surface area contributed by atoms with Gasteiger partial charge in [-0.1, -0.05) is 0 Å². The van der Waals surface area contributed by atoms with Crippen molar-refractivity contribution in [2.45, 2.75) is 6.42 Å². The van der Waals surface area contributed by atoms with E-state index in [2.05, 4.69) is 11.9 Å². The minimum absolute atomic E-state index is 0.0102. The number of hydrogen-bond acceptors (Lipinski definition) is 4. The number of benzene rings is 1. The van der Waals surface area contributed by atoms with Crippen LogP contribution in [0.5, 0.6) is 11.5 Å². The summed E-state index contributed by atoms with van der Waals surface area (Å²) in [6.07, 6.45) is 0.995. The first-order valence-electron chi connectivity index (χ1n) is 6.85. The zero-order valence-corrected chi connectivity index (χ0v) is 12.4. The maximum atomic E-state index is 12.7. The Balaban J connectivity index is 2.22. The van der Waals surface area contributed by atoms with E-state index in [0.717, 1.165) is 32.6 Å². The van der Waals surface area contributed by atoms with Gasteiger partial charge in [-0.05, 0) is 38.2 Å². The average Bonchev–Trinajstić information content (AvgIpc) is 2.70. The molecule has 110 valence electrons. The molecule has 0 aromatic heterocycles. The summed E-state index contributed by atoms with van der Waals surface area (Å²) in [5.74, 6) is 1.27. The highest BCUT2D eigenvalue weighted by Crippen LogP contribution is 2.25. The number of amides is 1. The van der Waals surface area contributed by atoms with Crippen molar-refractivity contribution >= 4 is 5.91 Å². The van der Waals surface area contributed by atoms with Crippen molar-refractivity contribution in [1.82, 2.24) is 9.80 Å². The Labute approximate surface area is 120 Å². The van der Waals surface area contributed by atoms with Gasteiger partial charge in [0.05, 0.1) is 19.8 Å². The number of methoxy groups -OCH3 is 2. The Morgan fingerprint density at radius 1 is 1.10 bits per heavy atom. The zero-order chi connectivity index (χ0) is 14.5. The number of rotatable bonds is 3. The van der Waals surface area contributed by atoms with Crippen LogP contribution in [0.15, 0.2) is 18.2 Å². The van der Waals surface area contributed by atoms with Crippen molar-refractivity contribution in [3.05, 3.63) is 23.8 Å². The summed E-state index contributed by atoms with van der Waals surface area (Å²) in [7, 11) is 5.26. The van der Waals surface area contributed by atoms with Crippen LogP contribution < -0.4 is 9.47 Å². The van der Waals surface area contributed by atoms with Crippen molar-refractivity contribution in [1.29, 1.82) is 0 Å². The third-order valence-electron chi connectivity index (χ3n) is 3.64. The van der Waals surface area contributed by atoms with Crippen molar-refractivity contribution < 1.29 is 14.3 Å². The number of carbonyl (C=O) groups is 1. The van der Waals surface area contributed by atoms with Gasteiger partial charge in [-0.3, -0.25) is 4.79 Å². The minimum atomic E-state index is 0.0102. The smallest absolute Gasteiger partial charge is 0.257 e. The summed E-state index contributed by atoms with van der Waals surface area (Å²) in [6.45, 7) is 3.45. The third kappa shape index (κ3) is 3.22. The molecule has 1 aliphatic heterocycles. The van der Waals surface area contributed by atoms with Crippen molar-refractivity contribution in [3.63, 3.8) is 0 Å². The minimum Gasteiger partial charge on any atom is -0.497 e. The average molecular weight is 278 g/mol. The van der Waals surface area contributed by atoms with Gasteiger partial charge in [0.15, 0.2) is 0 Å². The molecule has 1 aromatic carbocycles. The van der Waals surface area contributed by atoms with Crippen LogP contribution in [0, 0.1) is 0 Å². The quantitative estimate of drug-likeness (QED) is 0.840. The molecule has 0 spiro atoms. The van der Waals surface area contributed by atoms with Gasteiger partial charge >= 0.3 is 0 Å². The van der Waals surface area contributed by atoms with Gasteiger partial charge in [0, 0.05) is 19.6 Å². The standard InChI is InChI=1S/C15H22N2O3/c1-16-7-4-8-17(10-9-16)15(18)13-11-12(19-2)5-6-14(13)20-3/h5-6,11H,4,7-10H2,1-3H3. The summed E-state index contributed by atoms with van der Waals surface area (Å²) >= 11 is 0. The number of ether oxygens (including phenoxy) is 2. The largest absolute Gasteiger partial charge is 0.497 e. The predicted molar refractivity (Wildman–Crippen MR) is 77.6 cm³/mol. The monoisotopic (exact) mass is 278 g/mol. The van der Waals surface area contributed by atoms with E-state index in [-0.39, 0.29) is 5.91 Å². The fourth-order valence-electron chi connectivity index (χ4n) is 2.40. The SMILES string of the molecule is COc1ccc(OC)c(C(=O)N2CCCN(C)CC2)c1. The molecule has 1 heterocycles. The first-order valence-corrected chi connectivity index (χ1v) is 6.85. The van der Waals surface area contributed by atoms with E-state index in [1.807, 2.05) is 4.90 Å². The van der Waals surface area contributed by atoms with Gasteiger partial charge in [-0.15, -0.1) is 0 Å². The van der Waals surface area contributed by atoms with Crippen molar-refractivity contribution in [2.75, 3.05) is 47.4 Å². The van der Waals surface area contributed by atoms with E-state index in [1.54, 1.807) is 32.4 Å². The molecule has 1 fully saturated rings. The lowest BCUT2D eigenvalue weighted by molar-refractivity contribution is 0.0759. The molecule has 0 N–H and O–H groups in total. The van der Waals surface area contributed by atoms with E-state index < -0.39 is 0 Å². The summed E-state index contributed by atoms with van der Waals surface area (Å²) in [6, 6.07) is 5.32. The maximum absolute atomic E-state index is 12.7. The van der Waals surface area contributed by atoms with E-state index in [0.29, 0.717) is 17.1 Å². The Morgan fingerprint density at radius 2 is 1.90 bits per heavy atom. The molecule has 1 amide bonds. The molecule has 0 aliphatic carbocycles. The molecule has 20 heavy (non-hydrogen) atoms. The Hall–Kier alpha value is -1.75. The maximum Gasteiger partial charge on any atom is 0.257 e. The molecule has 0 bridgehead atoms. The van der Waals surface area contributed by atoms with Gasteiger partial charge in [0.25, 0.3) is 5.91 Å². The normalized spacial score (nSPS) is 16.6. The van der Waals surface area contributed by atoms with E-state index >= 15 is 0 Å². The summed E-state index contributed by atoms with van der Waals surface area (Å²) in [5.41, 5.74) is 0.566. The molecule has 5 heteroatoms. The van der Waals surface area contributed by atoms with Crippen molar-refractivity contribution in [3.8, 4) is 11.5 Å². The Morgan fingerprint density at radius 3 is 2.60 bits per heavy atom. The van der Waals surface area contributed by atoms with Crippen LogP contribution in [0.3, 0.4) is 0 Å². The van der Waals surface area contributed by atoms with Crippen LogP contribution >= 0.6 is 0 Å². The second kappa shape index (κ2) is 6.61. The first-order chi connectivity index (χ1) is 9.65. The highest BCUT2D eigenvalue weighted by molar-refractivity contribution is 5.97. The predicted octanol–water partition coefficient (Wildman–Crippen LogP) is 1.48. The van der Waals surface area contributed by atoms with Crippen LogP contribution in [0.25, 0.3) is 0 Å². The summed E-state index contributed by atoms with van der Waals surface area (Å²) in [5, 5.41) is 0. The molecule has 0 radical (unpaired) electrons. The number of carbonyl (C=O) groups excluding carboxylic acids is 1. The van der Waals surface area contributed by atoms with E-state index in [1.165, 1.54) is 0 Å². The second-order valence-corrected chi connectivity index (χ2v) is 5.02. The highest BCUT2D eigenvalue weighted by Gasteiger charge is 2.22. The van der Waals surface area contributed by atoms with Gasteiger partial charge in [0.1, 0.15) is 11.5 Å². The zero-order valence-electron chi connectivity index (χ0n) is 12.4. The van der Waals surface area contributed by atoms with Gasteiger partial charge in [-0.25, -0.2) is 0 Å². The lowest BCUT2D eigenvalue weighted by Gasteiger charge is -2.22. The highest BCUT2D eigenvalue weighted by atomic mass is 16.5. The lowest BCUT2D eigenvalue weighted by atomic mass is 10.1. The molecule has 0 atom stereocenters. The summed E-state index contributed by atoms with van der Waals surface area (Å²) in [4.78, 5) is 16.8. The molecular formula is C15H22N2O3. The number of nitrogens with zero attached hydrogens (tertiary/aromatic N) is 2.